The summed E-state index contributed by atoms with van der Waals surface area (Å²) in [6, 6.07) is 7.99. The van der Waals surface area contributed by atoms with Gasteiger partial charge in [-0.2, -0.15) is 0 Å². The van der Waals surface area contributed by atoms with Crippen LogP contribution in [0.1, 0.15) is 16.9 Å². The van der Waals surface area contributed by atoms with Crippen molar-refractivity contribution in [2.24, 2.45) is 4.99 Å². The zero-order valence-electron chi connectivity index (χ0n) is 11.8. The number of nitrogens with zero attached hydrogens (tertiary/aromatic N) is 2. The van der Waals surface area contributed by atoms with Gasteiger partial charge in [0.05, 0.1) is 4.92 Å². The van der Waals surface area contributed by atoms with Gasteiger partial charge in [0.2, 0.25) is 5.90 Å². The van der Waals surface area contributed by atoms with Gasteiger partial charge in [0.1, 0.15) is 5.76 Å². The van der Waals surface area contributed by atoms with Crippen LogP contribution in [-0.4, -0.2) is 16.8 Å². The lowest BCUT2D eigenvalue weighted by molar-refractivity contribution is -0.385. The van der Waals surface area contributed by atoms with E-state index in [1.807, 2.05) is 22.6 Å². The number of aryl methyl sites for hydroxylation is 1. The fraction of sp³-hybridized carbons (Fsp3) is 0.0667. The zero-order valence-corrected chi connectivity index (χ0v) is 13.9. The molecule has 1 aliphatic rings. The van der Waals surface area contributed by atoms with Crippen LogP contribution in [0.25, 0.3) is 6.08 Å². The van der Waals surface area contributed by atoms with Crippen LogP contribution in [0.3, 0.4) is 0 Å². The quantitative estimate of drug-likeness (QED) is 0.247. The second-order valence-electron chi connectivity index (χ2n) is 4.74. The number of cyclic esters (lactones) is 1. The van der Waals surface area contributed by atoms with Gasteiger partial charge >= 0.3 is 5.97 Å². The van der Waals surface area contributed by atoms with Gasteiger partial charge in [0.25, 0.3) is 5.69 Å². The van der Waals surface area contributed by atoms with Crippen molar-refractivity contribution in [2.45, 2.75) is 6.92 Å². The predicted octanol–water partition coefficient (Wildman–Crippen LogP) is 3.45. The van der Waals surface area contributed by atoms with Crippen molar-refractivity contribution in [3.05, 3.63) is 66.8 Å². The minimum Gasteiger partial charge on any atom is -0.451 e. The Kier molecular flexibility index (Phi) is 3.99. The molecule has 0 atom stereocenters. The maximum Gasteiger partial charge on any atom is 0.363 e. The molecule has 1 aromatic carbocycles. The minimum atomic E-state index is -0.630. The number of hydrogen-bond donors (Lipinski definition) is 0. The van der Waals surface area contributed by atoms with Crippen molar-refractivity contribution in [3.8, 4) is 0 Å². The van der Waals surface area contributed by atoms with E-state index >= 15 is 0 Å². The molecule has 1 aromatic heterocycles. The van der Waals surface area contributed by atoms with Crippen LogP contribution in [0.15, 0.2) is 45.4 Å². The van der Waals surface area contributed by atoms with E-state index in [0.29, 0.717) is 20.7 Å². The van der Waals surface area contributed by atoms with Crippen molar-refractivity contribution < 1.29 is 18.9 Å². The first-order valence-electron chi connectivity index (χ1n) is 6.47. The molecule has 0 saturated heterocycles. The maximum atomic E-state index is 11.9. The molecule has 1 aliphatic heterocycles. The number of hydrogen-bond acceptors (Lipinski definition) is 6. The highest BCUT2D eigenvalue weighted by atomic mass is 127. The molecule has 2 aromatic rings. The fourth-order valence-electron chi connectivity index (χ4n) is 2.01. The average molecular weight is 424 g/mol. The molecule has 0 saturated carbocycles. The van der Waals surface area contributed by atoms with E-state index < -0.39 is 10.9 Å². The first kappa shape index (κ1) is 15.4. The van der Waals surface area contributed by atoms with E-state index in [-0.39, 0.29) is 17.3 Å². The molecule has 8 heteroatoms. The summed E-state index contributed by atoms with van der Waals surface area (Å²) in [6.45, 7) is 1.63. The topological polar surface area (TPSA) is 94.9 Å². The van der Waals surface area contributed by atoms with Gasteiger partial charge in [-0.05, 0) is 47.7 Å². The van der Waals surface area contributed by atoms with Crippen LogP contribution >= 0.6 is 22.6 Å². The molecular formula is C15H9IN2O5. The Labute approximate surface area is 143 Å². The Morgan fingerprint density at radius 3 is 2.74 bits per heavy atom. The van der Waals surface area contributed by atoms with Crippen LogP contribution < -0.4 is 0 Å². The number of carbonyl (C=O) groups excluding carboxylic acids is 1. The van der Waals surface area contributed by atoms with Crippen LogP contribution in [0, 0.1) is 20.8 Å². The molecule has 0 radical (unpaired) electrons. The second-order valence-corrected chi connectivity index (χ2v) is 5.80. The van der Waals surface area contributed by atoms with Crippen LogP contribution in [0.4, 0.5) is 5.69 Å². The largest absolute Gasteiger partial charge is 0.451 e. The van der Waals surface area contributed by atoms with Gasteiger partial charge in [-0.3, -0.25) is 10.1 Å². The minimum absolute atomic E-state index is 0.0330. The summed E-state index contributed by atoms with van der Waals surface area (Å²) in [4.78, 5) is 26.5. The van der Waals surface area contributed by atoms with Crippen LogP contribution in [-0.2, 0) is 9.53 Å². The van der Waals surface area contributed by atoms with E-state index in [2.05, 4.69) is 4.99 Å². The number of carbonyl (C=O) groups is 1. The molecule has 7 nitrogen and oxygen atoms in total. The van der Waals surface area contributed by atoms with Gasteiger partial charge in [0, 0.05) is 23.3 Å². The number of benzene rings is 1. The summed E-state index contributed by atoms with van der Waals surface area (Å²) < 4.78 is 11.1. The summed E-state index contributed by atoms with van der Waals surface area (Å²) in [5.74, 6) is -0.124. The number of furan rings is 1. The number of halogens is 1. The third kappa shape index (κ3) is 3.16. The molecule has 0 fully saturated rings. The highest BCUT2D eigenvalue weighted by Gasteiger charge is 2.26. The Bertz CT molecular complexity index is 882. The zero-order chi connectivity index (χ0) is 16.6. The molecule has 2 heterocycles. The number of nitro benzene ring substituents is 1. The third-order valence-electron chi connectivity index (χ3n) is 3.15. The van der Waals surface area contributed by atoms with Gasteiger partial charge < -0.3 is 9.15 Å². The molecule has 0 spiro atoms. The first-order chi connectivity index (χ1) is 10.9. The summed E-state index contributed by atoms with van der Waals surface area (Å²) in [7, 11) is 0. The maximum absolute atomic E-state index is 11.9. The number of nitro groups is 1. The van der Waals surface area contributed by atoms with Gasteiger partial charge in [-0.25, -0.2) is 9.79 Å². The van der Waals surface area contributed by atoms with Crippen LogP contribution in [0.2, 0.25) is 0 Å². The molecule has 23 heavy (non-hydrogen) atoms. The molecule has 0 aliphatic carbocycles. The van der Waals surface area contributed by atoms with Gasteiger partial charge in [0.15, 0.2) is 9.46 Å². The third-order valence-corrected chi connectivity index (χ3v) is 3.73. The number of aliphatic imine (C=N–C) groups is 1. The molecule has 0 unspecified atom stereocenters. The predicted molar refractivity (Wildman–Crippen MR) is 89.9 cm³/mol. The Balaban J connectivity index is 1.97. The molecular weight excluding hydrogens is 415 g/mol. The summed E-state index contributed by atoms with van der Waals surface area (Å²) in [5, 5.41) is 11.0. The molecule has 0 bridgehead atoms. The molecule has 0 amide bonds. The van der Waals surface area contributed by atoms with Gasteiger partial charge in [-0.1, -0.05) is 6.07 Å². The Morgan fingerprint density at radius 1 is 1.30 bits per heavy atom. The van der Waals surface area contributed by atoms with Crippen LogP contribution in [0.5, 0.6) is 0 Å². The highest BCUT2D eigenvalue weighted by molar-refractivity contribution is 14.1. The van der Waals surface area contributed by atoms with E-state index in [9.17, 15) is 14.9 Å². The van der Waals surface area contributed by atoms with E-state index in [0.717, 1.165) is 0 Å². The molecule has 0 N–H and O–H groups in total. The highest BCUT2D eigenvalue weighted by Crippen LogP contribution is 2.24. The molecule has 3 rings (SSSR count). The Morgan fingerprint density at radius 2 is 2.09 bits per heavy atom. The SMILES string of the molecule is Cc1ccc(C2=N/C(=C/c3ccc(I)o3)C(=O)O2)cc1[N+](=O)[O-]. The number of ether oxygens (including phenoxy) is 1. The number of esters is 1. The molecule has 116 valence electrons. The smallest absolute Gasteiger partial charge is 0.363 e. The Hall–Kier alpha value is -2.49. The lowest BCUT2D eigenvalue weighted by Gasteiger charge is -2.01. The number of rotatable bonds is 3. The summed E-state index contributed by atoms with van der Waals surface area (Å²) in [5.41, 5.74) is 0.908. The normalized spacial score (nSPS) is 15.7. The average Bonchev–Trinajstić information content (AvgIpc) is 3.06. The van der Waals surface area contributed by atoms with E-state index in [1.54, 1.807) is 31.2 Å². The fourth-order valence-corrected chi connectivity index (χ4v) is 2.45. The van der Waals surface area contributed by atoms with Crippen molar-refractivity contribution in [3.63, 3.8) is 0 Å². The first-order valence-corrected chi connectivity index (χ1v) is 7.55. The summed E-state index contributed by atoms with van der Waals surface area (Å²) in [6.07, 6.45) is 1.46. The standard InChI is InChI=1S/C15H9IN2O5/c1-8-2-3-9(6-12(8)18(20)21)14-17-11(15(19)23-14)7-10-4-5-13(16)22-10/h2-7H,1H3/b11-7+. The lowest BCUT2D eigenvalue weighted by Crippen LogP contribution is -2.06. The van der Waals surface area contributed by atoms with Crippen molar-refractivity contribution in [1.29, 1.82) is 0 Å². The van der Waals surface area contributed by atoms with E-state index in [4.69, 9.17) is 9.15 Å². The van der Waals surface area contributed by atoms with Gasteiger partial charge in [-0.15, -0.1) is 0 Å². The van der Waals surface area contributed by atoms with Crippen molar-refractivity contribution >= 4 is 46.2 Å². The monoisotopic (exact) mass is 424 g/mol. The second kappa shape index (κ2) is 5.95. The van der Waals surface area contributed by atoms with Crippen molar-refractivity contribution in [2.75, 3.05) is 0 Å². The summed E-state index contributed by atoms with van der Waals surface area (Å²) >= 11 is 2.01. The lowest BCUT2D eigenvalue weighted by atomic mass is 10.1. The van der Waals surface area contributed by atoms with E-state index in [1.165, 1.54) is 12.1 Å². The van der Waals surface area contributed by atoms with Crippen molar-refractivity contribution in [1.82, 2.24) is 0 Å².